The number of hydrogen-bond donors (Lipinski definition) is 0. The summed E-state index contributed by atoms with van der Waals surface area (Å²) >= 11 is 1.24. The smallest absolute Gasteiger partial charge is 0.353 e. The van der Waals surface area contributed by atoms with E-state index in [0.717, 1.165) is 5.56 Å². The van der Waals surface area contributed by atoms with Crippen molar-refractivity contribution >= 4 is 23.1 Å². The minimum Gasteiger partial charge on any atom is -0.420 e. The number of nitrogens with zero attached hydrogens (tertiary/aromatic N) is 1. The van der Waals surface area contributed by atoms with Crippen molar-refractivity contribution in [1.29, 1.82) is 5.26 Å². The molecule has 1 aromatic carbocycles. The van der Waals surface area contributed by atoms with Gasteiger partial charge >= 0.3 is 5.97 Å². The molecule has 0 bridgehead atoms. The predicted octanol–water partition coefficient (Wildman–Crippen LogP) is 3.66. The van der Waals surface area contributed by atoms with Crippen LogP contribution in [0.1, 0.15) is 43.6 Å². The third-order valence-electron chi connectivity index (χ3n) is 3.21. The first-order valence-electron chi connectivity index (χ1n) is 6.26. The SMILES string of the molecule is CC(=O)c1cc(C)c(C)c(C#N)c1OC(=O)c1cccs1. The van der Waals surface area contributed by atoms with Crippen molar-refractivity contribution in [3.05, 3.63) is 50.7 Å². The van der Waals surface area contributed by atoms with E-state index in [1.165, 1.54) is 18.3 Å². The number of carbonyl (C=O) groups excluding carboxylic acids is 2. The molecule has 0 aliphatic rings. The Hall–Kier alpha value is -2.45. The van der Waals surface area contributed by atoms with Crippen molar-refractivity contribution in [3.63, 3.8) is 0 Å². The number of esters is 1. The molecule has 0 N–H and O–H groups in total. The highest BCUT2D eigenvalue weighted by Gasteiger charge is 2.21. The first kappa shape index (κ1) is 14.9. The van der Waals surface area contributed by atoms with Crippen LogP contribution in [0.2, 0.25) is 0 Å². The summed E-state index contributed by atoms with van der Waals surface area (Å²) in [5.41, 5.74) is 1.99. The average Bonchev–Trinajstić information content (AvgIpc) is 2.96. The van der Waals surface area contributed by atoms with Crippen molar-refractivity contribution in [2.45, 2.75) is 20.8 Å². The zero-order valence-electron chi connectivity index (χ0n) is 11.9. The summed E-state index contributed by atoms with van der Waals surface area (Å²) in [7, 11) is 0. The molecule has 4 nitrogen and oxygen atoms in total. The Balaban J connectivity index is 2.56. The van der Waals surface area contributed by atoms with Gasteiger partial charge < -0.3 is 4.74 Å². The van der Waals surface area contributed by atoms with Crippen LogP contribution >= 0.6 is 11.3 Å². The van der Waals surface area contributed by atoms with E-state index >= 15 is 0 Å². The molecule has 0 radical (unpaired) electrons. The van der Waals surface area contributed by atoms with Gasteiger partial charge in [-0.15, -0.1) is 11.3 Å². The van der Waals surface area contributed by atoms with Crippen molar-refractivity contribution < 1.29 is 14.3 Å². The fraction of sp³-hybridized carbons (Fsp3) is 0.188. The molecule has 0 saturated heterocycles. The second-order valence-corrected chi connectivity index (χ2v) is 5.55. The Bertz CT molecular complexity index is 755. The number of carbonyl (C=O) groups is 2. The van der Waals surface area contributed by atoms with E-state index in [2.05, 4.69) is 0 Å². The Morgan fingerprint density at radius 1 is 1.33 bits per heavy atom. The molecule has 0 unspecified atom stereocenters. The van der Waals surface area contributed by atoms with Gasteiger partial charge in [-0.2, -0.15) is 5.26 Å². The first-order valence-corrected chi connectivity index (χ1v) is 7.14. The van der Waals surface area contributed by atoms with Crippen LogP contribution in [0.15, 0.2) is 23.6 Å². The molecule has 2 rings (SSSR count). The molecule has 1 aromatic heterocycles. The highest BCUT2D eigenvalue weighted by molar-refractivity contribution is 7.12. The van der Waals surface area contributed by atoms with Crippen LogP contribution in [-0.4, -0.2) is 11.8 Å². The molecule has 106 valence electrons. The van der Waals surface area contributed by atoms with Gasteiger partial charge in [0.15, 0.2) is 11.5 Å². The van der Waals surface area contributed by atoms with Gasteiger partial charge in [0.25, 0.3) is 0 Å². The topological polar surface area (TPSA) is 67.2 Å². The summed E-state index contributed by atoms with van der Waals surface area (Å²) < 4.78 is 5.34. The molecule has 1 heterocycles. The molecule has 0 atom stereocenters. The lowest BCUT2D eigenvalue weighted by Gasteiger charge is -2.13. The van der Waals surface area contributed by atoms with Crippen LogP contribution in [-0.2, 0) is 0 Å². The maximum absolute atomic E-state index is 12.1. The quantitative estimate of drug-likeness (QED) is 0.493. The van der Waals surface area contributed by atoms with Gasteiger partial charge in [-0.3, -0.25) is 4.79 Å². The zero-order chi connectivity index (χ0) is 15.6. The van der Waals surface area contributed by atoms with E-state index in [0.29, 0.717) is 10.4 Å². The monoisotopic (exact) mass is 299 g/mol. The van der Waals surface area contributed by atoms with E-state index in [-0.39, 0.29) is 22.7 Å². The maximum Gasteiger partial charge on any atom is 0.353 e. The lowest BCUT2D eigenvalue weighted by atomic mass is 9.97. The first-order chi connectivity index (χ1) is 9.95. The molecular formula is C16H13NO3S. The lowest BCUT2D eigenvalue weighted by molar-refractivity contribution is 0.0737. The largest absolute Gasteiger partial charge is 0.420 e. The van der Waals surface area contributed by atoms with Crippen LogP contribution < -0.4 is 4.74 Å². The van der Waals surface area contributed by atoms with Crippen LogP contribution in [0.5, 0.6) is 5.75 Å². The van der Waals surface area contributed by atoms with Gasteiger partial charge in [-0.25, -0.2) is 4.79 Å². The van der Waals surface area contributed by atoms with E-state index < -0.39 is 5.97 Å². The van der Waals surface area contributed by atoms with Crippen LogP contribution in [0.25, 0.3) is 0 Å². The maximum atomic E-state index is 12.1. The number of thiophene rings is 1. The third-order valence-corrected chi connectivity index (χ3v) is 4.06. The molecule has 0 saturated carbocycles. The van der Waals surface area contributed by atoms with Gasteiger partial charge in [0, 0.05) is 0 Å². The number of ether oxygens (including phenoxy) is 1. The van der Waals surface area contributed by atoms with Gasteiger partial charge in [0.1, 0.15) is 10.9 Å². The standard InChI is InChI=1S/C16H13NO3S/c1-9-7-12(11(3)18)15(13(8-17)10(9)2)20-16(19)14-5-4-6-21-14/h4-7H,1-3H3. The number of benzene rings is 1. The number of nitriles is 1. The molecule has 0 aliphatic heterocycles. The summed E-state index contributed by atoms with van der Waals surface area (Å²) in [5.74, 6) is -0.762. The van der Waals surface area contributed by atoms with E-state index in [1.807, 2.05) is 13.0 Å². The van der Waals surface area contributed by atoms with Gasteiger partial charge in [-0.1, -0.05) is 6.07 Å². The lowest BCUT2D eigenvalue weighted by Crippen LogP contribution is -2.12. The zero-order valence-corrected chi connectivity index (χ0v) is 12.7. The Morgan fingerprint density at radius 2 is 2.05 bits per heavy atom. The van der Waals surface area contributed by atoms with Gasteiger partial charge in [-0.05, 0) is 49.4 Å². The number of hydrogen-bond acceptors (Lipinski definition) is 5. The Labute approximate surface area is 126 Å². The molecule has 0 spiro atoms. The second kappa shape index (κ2) is 5.90. The fourth-order valence-electron chi connectivity index (χ4n) is 1.93. The molecular weight excluding hydrogens is 286 g/mol. The highest BCUT2D eigenvalue weighted by atomic mass is 32.1. The number of ketones is 1. The van der Waals surface area contributed by atoms with Crippen molar-refractivity contribution in [2.75, 3.05) is 0 Å². The van der Waals surface area contributed by atoms with Gasteiger partial charge in [0.2, 0.25) is 0 Å². The van der Waals surface area contributed by atoms with Gasteiger partial charge in [0.05, 0.1) is 11.1 Å². The summed E-state index contributed by atoms with van der Waals surface area (Å²) in [4.78, 5) is 24.3. The number of Topliss-reactive ketones (excluding diaryl/α,β-unsaturated/α-hetero) is 1. The van der Waals surface area contributed by atoms with Crippen molar-refractivity contribution in [3.8, 4) is 11.8 Å². The normalized spacial score (nSPS) is 10.0. The van der Waals surface area contributed by atoms with Crippen molar-refractivity contribution in [2.24, 2.45) is 0 Å². The van der Waals surface area contributed by atoms with Crippen LogP contribution in [0.3, 0.4) is 0 Å². The van der Waals surface area contributed by atoms with Crippen LogP contribution in [0, 0.1) is 25.2 Å². The predicted molar refractivity (Wildman–Crippen MR) is 79.9 cm³/mol. The van der Waals surface area contributed by atoms with Crippen molar-refractivity contribution in [1.82, 2.24) is 0 Å². The third kappa shape index (κ3) is 2.86. The minimum atomic E-state index is -0.563. The molecule has 0 aliphatic carbocycles. The fourth-order valence-corrected chi connectivity index (χ4v) is 2.53. The number of rotatable bonds is 3. The molecule has 0 fully saturated rings. The Kier molecular flexibility index (Phi) is 4.20. The molecule has 2 aromatic rings. The summed E-state index contributed by atoms with van der Waals surface area (Å²) in [5, 5.41) is 11.1. The number of aryl methyl sites for hydroxylation is 1. The second-order valence-electron chi connectivity index (χ2n) is 4.60. The molecule has 21 heavy (non-hydrogen) atoms. The highest BCUT2D eigenvalue weighted by Crippen LogP contribution is 2.30. The van der Waals surface area contributed by atoms with E-state index in [4.69, 9.17) is 4.74 Å². The minimum absolute atomic E-state index is 0.0477. The van der Waals surface area contributed by atoms with E-state index in [1.54, 1.807) is 30.5 Å². The summed E-state index contributed by atoms with van der Waals surface area (Å²) in [6, 6.07) is 7.04. The Morgan fingerprint density at radius 3 is 2.57 bits per heavy atom. The average molecular weight is 299 g/mol. The summed E-state index contributed by atoms with van der Waals surface area (Å²) in [6.45, 7) is 4.96. The summed E-state index contributed by atoms with van der Waals surface area (Å²) in [6.07, 6.45) is 0. The molecule has 0 amide bonds. The molecule has 5 heteroatoms. The van der Waals surface area contributed by atoms with Crippen LogP contribution in [0.4, 0.5) is 0 Å². The van der Waals surface area contributed by atoms with E-state index in [9.17, 15) is 14.9 Å².